The third-order valence-corrected chi connectivity index (χ3v) is 3.70. The first-order chi connectivity index (χ1) is 8.15. The molecule has 1 aliphatic rings. The van der Waals surface area contributed by atoms with E-state index >= 15 is 0 Å². The second kappa shape index (κ2) is 7.00. The molecule has 0 aromatic carbocycles. The molecule has 0 saturated carbocycles. The molecule has 0 spiro atoms. The summed E-state index contributed by atoms with van der Waals surface area (Å²) in [5, 5.41) is 3.48. The molecule has 1 saturated heterocycles. The summed E-state index contributed by atoms with van der Waals surface area (Å²) in [5.74, 6) is 0.322. The number of carbonyl (C=O) groups excluding carboxylic acids is 1. The number of nitrogens with one attached hydrogen (secondary N) is 1. The van der Waals surface area contributed by atoms with Crippen LogP contribution in [0.15, 0.2) is 0 Å². The molecule has 0 bridgehead atoms. The van der Waals surface area contributed by atoms with Crippen molar-refractivity contribution in [3.63, 3.8) is 0 Å². The fourth-order valence-electron chi connectivity index (χ4n) is 2.69. The molecule has 0 aliphatic carbocycles. The molecule has 1 N–H and O–H groups in total. The van der Waals surface area contributed by atoms with Gasteiger partial charge < -0.3 is 4.90 Å². The standard InChI is InChI=1S/C14H28N2O/c1-5-8-10-11(4)16-13(7-3)15-12(9-6-2)14(16)17/h11-13,15H,5-10H2,1-4H3. The zero-order valence-electron chi connectivity index (χ0n) is 11.8. The number of amides is 1. The molecular formula is C14H28N2O. The Kier molecular flexibility index (Phi) is 5.96. The van der Waals surface area contributed by atoms with Crippen molar-refractivity contribution in [3.8, 4) is 0 Å². The fraction of sp³-hybridized carbons (Fsp3) is 0.929. The van der Waals surface area contributed by atoms with Gasteiger partial charge in [-0.05, 0) is 26.2 Å². The largest absolute Gasteiger partial charge is 0.323 e. The second-order valence-corrected chi connectivity index (χ2v) is 5.17. The van der Waals surface area contributed by atoms with Crippen LogP contribution in [0.1, 0.15) is 66.2 Å². The van der Waals surface area contributed by atoms with Gasteiger partial charge in [-0.25, -0.2) is 0 Å². The van der Waals surface area contributed by atoms with E-state index in [0.29, 0.717) is 11.9 Å². The maximum Gasteiger partial charge on any atom is 0.241 e. The molecule has 0 aromatic heterocycles. The van der Waals surface area contributed by atoms with E-state index in [1.165, 1.54) is 12.8 Å². The predicted octanol–water partition coefficient (Wildman–Crippen LogP) is 2.90. The Bertz CT molecular complexity index is 242. The van der Waals surface area contributed by atoms with Crippen LogP contribution >= 0.6 is 0 Å². The van der Waals surface area contributed by atoms with Crippen molar-refractivity contribution >= 4 is 5.91 Å². The van der Waals surface area contributed by atoms with E-state index in [9.17, 15) is 4.79 Å². The zero-order valence-corrected chi connectivity index (χ0v) is 11.8. The topological polar surface area (TPSA) is 32.3 Å². The van der Waals surface area contributed by atoms with E-state index in [2.05, 4.69) is 37.9 Å². The Morgan fingerprint density at radius 2 is 2.00 bits per heavy atom. The van der Waals surface area contributed by atoms with Gasteiger partial charge in [-0.1, -0.05) is 40.0 Å². The van der Waals surface area contributed by atoms with Crippen LogP contribution < -0.4 is 5.32 Å². The van der Waals surface area contributed by atoms with Gasteiger partial charge in [-0.2, -0.15) is 0 Å². The van der Waals surface area contributed by atoms with Gasteiger partial charge in [0.25, 0.3) is 0 Å². The summed E-state index contributed by atoms with van der Waals surface area (Å²) in [7, 11) is 0. The molecule has 3 heteroatoms. The third-order valence-electron chi connectivity index (χ3n) is 3.70. The van der Waals surface area contributed by atoms with Gasteiger partial charge in [0.15, 0.2) is 0 Å². The van der Waals surface area contributed by atoms with Crippen LogP contribution in [0.3, 0.4) is 0 Å². The van der Waals surface area contributed by atoms with Crippen LogP contribution in [-0.2, 0) is 4.79 Å². The molecule has 100 valence electrons. The van der Waals surface area contributed by atoms with Crippen molar-refractivity contribution in [1.29, 1.82) is 0 Å². The molecule has 1 heterocycles. The zero-order chi connectivity index (χ0) is 12.8. The van der Waals surface area contributed by atoms with E-state index < -0.39 is 0 Å². The van der Waals surface area contributed by atoms with Crippen LogP contribution in [0.5, 0.6) is 0 Å². The summed E-state index contributed by atoms with van der Waals surface area (Å²) >= 11 is 0. The number of carbonyl (C=O) groups is 1. The number of hydrogen-bond acceptors (Lipinski definition) is 2. The minimum atomic E-state index is 0.0639. The smallest absolute Gasteiger partial charge is 0.241 e. The predicted molar refractivity (Wildman–Crippen MR) is 71.7 cm³/mol. The Morgan fingerprint density at radius 3 is 2.53 bits per heavy atom. The first kappa shape index (κ1) is 14.5. The lowest BCUT2D eigenvalue weighted by atomic mass is 10.1. The number of hydrogen-bond donors (Lipinski definition) is 1. The van der Waals surface area contributed by atoms with Crippen molar-refractivity contribution in [2.45, 2.75) is 84.5 Å². The van der Waals surface area contributed by atoms with Crippen LogP contribution in [0.4, 0.5) is 0 Å². The van der Waals surface area contributed by atoms with Crippen LogP contribution in [0.2, 0.25) is 0 Å². The lowest BCUT2D eigenvalue weighted by Crippen LogP contribution is -2.42. The van der Waals surface area contributed by atoms with Gasteiger partial charge in [0.1, 0.15) is 0 Å². The fourth-order valence-corrected chi connectivity index (χ4v) is 2.69. The number of unbranched alkanes of at least 4 members (excludes halogenated alkanes) is 1. The van der Waals surface area contributed by atoms with Crippen molar-refractivity contribution in [2.24, 2.45) is 0 Å². The first-order valence-corrected chi connectivity index (χ1v) is 7.23. The summed E-state index contributed by atoms with van der Waals surface area (Å²) in [4.78, 5) is 14.4. The molecule has 1 amide bonds. The highest BCUT2D eigenvalue weighted by Gasteiger charge is 2.39. The molecule has 1 fully saturated rings. The summed E-state index contributed by atoms with van der Waals surface area (Å²) in [6, 6.07) is 0.441. The molecule has 3 nitrogen and oxygen atoms in total. The second-order valence-electron chi connectivity index (χ2n) is 5.17. The summed E-state index contributed by atoms with van der Waals surface area (Å²) in [6.07, 6.45) is 6.82. The SMILES string of the molecule is CCCCC(C)N1C(=O)C(CCC)NC1CC. The summed E-state index contributed by atoms with van der Waals surface area (Å²) < 4.78 is 0. The van der Waals surface area contributed by atoms with Crippen LogP contribution in [-0.4, -0.2) is 29.1 Å². The quantitative estimate of drug-likeness (QED) is 0.742. The number of rotatable bonds is 7. The van der Waals surface area contributed by atoms with E-state index in [0.717, 1.165) is 25.7 Å². The molecule has 0 radical (unpaired) electrons. The van der Waals surface area contributed by atoms with Gasteiger partial charge in [-0.15, -0.1) is 0 Å². The third kappa shape index (κ3) is 3.44. The van der Waals surface area contributed by atoms with E-state index in [4.69, 9.17) is 0 Å². The van der Waals surface area contributed by atoms with Crippen molar-refractivity contribution in [1.82, 2.24) is 10.2 Å². The molecular weight excluding hydrogens is 212 g/mol. The average molecular weight is 240 g/mol. The van der Waals surface area contributed by atoms with E-state index in [1.54, 1.807) is 0 Å². The highest BCUT2D eigenvalue weighted by molar-refractivity contribution is 5.84. The number of nitrogens with zero attached hydrogens (tertiary/aromatic N) is 1. The average Bonchev–Trinajstić information content (AvgIpc) is 2.64. The monoisotopic (exact) mass is 240 g/mol. The van der Waals surface area contributed by atoms with Gasteiger partial charge in [0.05, 0.1) is 12.2 Å². The Labute approximate surface area is 106 Å². The van der Waals surface area contributed by atoms with Crippen molar-refractivity contribution in [2.75, 3.05) is 0 Å². The normalized spacial score (nSPS) is 26.6. The van der Waals surface area contributed by atoms with E-state index in [1.807, 2.05) is 0 Å². The maximum atomic E-state index is 12.3. The maximum absolute atomic E-state index is 12.3. The van der Waals surface area contributed by atoms with Gasteiger partial charge in [-0.3, -0.25) is 10.1 Å². The van der Waals surface area contributed by atoms with Crippen LogP contribution in [0, 0.1) is 0 Å². The molecule has 0 aromatic rings. The molecule has 17 heavy (non-hydrogen) atoms. The van der Waals surface area contributed by atoms with Gasteiger partial charge in [0.2, 0.25) is 5.91 Å². The Hall–Kier alpha value is -0.570. The van der Waals surface area contributed by atoms with Crippen LogP contribution in [0.25, 0.3) is 0 Å². The summed E-state index contributed by atoms with van der Waals surface area (Å²) in [5.41, 5.74) is 0. The molecule has 1 aliphatic heterocycles. The highest BCUT2D eigenvalue weighted by Crippen LogP contribution is 2.22. The van der Waals surface area contributed by atoms with Crippen molar-refractivity contribution < 1.29 is 4.79 Å². The Balaban J connectivity index is 2.64. The van der Waals surface area contributed by atoms with Crippen molar-refractivity contribution in [3.05, 3.63) is 0 Å². The first-order valence-electron chi connectivity index (χ1n) is 7.23. The van der Waals surface area contributed by atoms with E-state index in [-0.39, 0.29) is 12.2 Å². The van der Waals surface area contributed by atoms with Gasteiger partial charge >= 0.3 is 0 Å². The molecule has 3 unspecified atom stereocenters. The highest BCUT2D eigenvalue weighted by atomic mass is 16.2. The van der Waals surface area contributed by atoms with Gasteiger partial charge in [0, 0.05) is 6.04 Å². The Morgan fingerprint density at radius 1 is 1.29 bits per heavy atom. The molecule has 1 rings (SSSR count). The molecule has 3 atom stereocenters. The summed E-state index contributed by atoms with van der Waals surface area (Å²) in [6.45, 7) is 8.68. The lowest BCUT2D eigenvalue weighted by molar-refractivity contribution is -0.132. The minimum absolute atomic E-state index is 0.0639. The lowest BCUT2D eigenvalue weighted by Gasteiger charge is -2.29. The minimum Gasteiger partial charge on any atom is -0.323 e.